The molecule has 9 rings (SSSR count). The molecule has 1 aliphatic rings. The highest BCUT2D eigenvalue weighted by Crippen LogP contribution is 2.37. The van der Waals surface area contributed by atoms with Gasteiger partial charge in [0.05, 0.1) is 35.9 Å². The molecule has 0 unspecified atom stereocenters. The fraction of sp³-hybridized carbons (Fsp3) is 0.132. The lowest BCUT2D eigenvalue weighted by Crippen LogP contribution is -2.34. The predicted octanol–water partition coefficient (Wildman–Crippen LogP) is 8.93. The largest absolute Gasteiger partial charge is 0.279 e. The number of sulfonamides is 5. The molecule has 8 aromatic carbocycles. The summed E-state index contributed by atoms with van der Waals surface area (Å²) in [6.45, 7) is 9.05. The molecule has 0 aliphatic carbocycles. The molecular weight excluding hydrogens is 1030 g/mol. The number of nitrogens with one attached hydrogen (secondary N) is 4. The van der Waals surface area contributed by atoms with Crippen molar-refractivity contribution in [3.8, 4) is 11.1 Å². The molecular formula is C53H55N5O10S5. The van der Waals surface area contributed by atoms with Gasteiger partial charge in [0.25, 0.3) is 20.0 Å². The van der Waals surface area contributed by atoms with Crippen molar-refractivity contribution in [1.29, 1.82) is 0 Å². The first-order valence-corrected chi connectivity index (χ1v) is 29.9. The Labute approximate surface area is 428 Å². The molecule has 0 saturated carbocycles. The van der Waals surface area contributed by atoms with Crippen molar-refractivity contribution >= 4 is 72.3 Å². The number of primary sulfonamides is 1. The second kappa shape index (κ2) is 23.4. The summed E-state index contributed by atoms with van der Waals surface area (Å²) >= 11 is 0. The van der Waals surface area contributed by atoms with Crippen LogP contribution in [0.25, 0.3) is 21.9 Å². The average Bonchev–Trinajstić information content (AvgIpc) is 3.62. The van der Waals surface area contributed by atoms with Crippen molar-refractivity contribution < 1.29 is 42.1 Å². The van der Waals surface area contributed by atoms with Crippen LogP contribution < -0.4 is 24.0 Å². The second-order valence-electron chi connectivity index (χ2n) is 16.8. The fourth-order valence-electron chi connectivity index (χ4n) is 7.31. The van der Waals surface area contributed by atoms with Crippen LogP contribution in [0.4, 0.5) is 11.4 Å². The van der Waals surface area contributed by atoms with Gasteiger partial charge in [-0.25, -0.2) is 56.7 Å². The van der Waals surface area contributed by atoms with Crippen LogP contribution in [0.15, 0.2) is 206 Å². The van der Waals surface area contributed by atoms with Gasteiger partial charge in [-0.2, -0.15) is 0 Å². The lowest BCUT2D eigenvalue weighted by Gasteiger charge is -2.11. The maximum Gasteiger partial charge on any atom is 0.262 e. The van der Waals surface area contributed by atoms with Crippen LogP contribution in [0.2, 0.25) is 0 Å². The van der Waals surface area contributed by atoms with Crippen LogP contribution in [0, 0.1) is 34.6 Å². The van der Waals surface area contributed by atoms with Crippen molar-refractivity contribution in [3.05, 3.63) is 210 Å². The molecule has 1 aliphatic heterocycles. The Morgan fingerprint density at radius 2 is 0.973 bits per heavy atom. The maximum atomic E-state index is 12.3. The molecule has 0 atom stereocenters. The standard InChI is InChI=1S/C16H20N2O4S2.C14H15NO2S.C13H13NO2S.C10H7NO2S/c1-13-3-7-15(8-4-13)23(19,20)17-11-12-18-24(21,22)16-9-5-14(2)6-10-16;1-11-7-3-5-9-13(11)15-18(16,17)14-10-6-4-8-12(14)2;1-10-9-12(11-5-3-2-4-6-11)7-8-13(10)17(14,15)16;12-14(13)9-6-2-4-7-3-1-5-8(11-14)10(7)9/h3-10,17-18H,11-12H2,1-2H3;3-10,15H,1-2H3;2-9H,1H3,(H2,14,15,16);1-6,11H. The molecule has 15 nitrogen and oxygen atoms in total. The number of aryl methyl sites for hydroxylation is 5. The first-order chi connectivity index (χ1) is 34.4. The third-order valence-corrected chi connectivity index (χ3v) is 18.1. The third kappa shape index (κ3) is 14.7. The van der Waals surface area contributed by atoms with Gasteiger partial charge in [-0.15, -0.1) is 0 Å². The van der Waals surface area contributed by atoms with E-state index in [-0.39, 0.29) is 27.8 Å². The highest BCUT2D eigenvalue weighted by molar-refractivity contribution is 7.93. The van der Waals surface area contributed by atoms with Gasteiger partial charge in [0, 0.05) is 18.5 Å². The van der Waals surface area contributed by atoms with Crippen LogP contribution in [0.1, 0.15) is 27.8 Å². The van der Waals surface area contributed by atoms with Crippen molar-refractivity contribution in [2.24, 2.45) is 5.14 Å². The number of hydrogen-bond donors (Lipinski definition) is 5. The van der Waals surface area contributed by atoms with E-state index in [4.69, 9.17) is 5.14 Å². The molecule has 0 spiro atoms. The molecule has 20 heteroatoms. The highest BCUT2D eigenvalue weighted by atomic mass is 32.2. The van der Waals surface area contributed by atoms with Crippen LogP contribution in [-0.2, 0) is 50.1 Å². The molecule has 0 amide bonds. The minimum absolute atomic E-state index is 0.0404. The topological polar surface area (TPSA) is 245 Å². The van der Waals surface area contributed by atoms with Gasteiger partial charge in [-0.05, 0) is 122 Å². The SMILES string of the molecule is Cc1cc(-c2ccccc2)ccc1S(N)(=O)=O.Cc1ccc(S(=O)(=O)NCCNS(=O)(=O)c2ccc(C)cc2)cc1.Cc1ccccc1NS(=O)(=O)c1ccccc1C.O=S1(=O)Nc2cccc3cccc1c23. The highest BCUT2D eigenvalue weighted by Gasteiger charge is 2.26. The van der Waals surface area contributed by atoms with Gasteiger partial charge in [-0.3, -0.25) is 9.44 Å². The molecule has 0 saturated heterocycles. The number of para-hydroxylation sites is 1. The van der Waals surface area contributed by atoms with Crippen LogP contribution in [0.3, 0.4) is 0 Å². The monoisotopic (exact) mass is 1080 g/mol. The summed E-state index contributed by atoms with van der Waals surface area (Å²) in [5.41, 5.74) is 7.53. The normalized spacial score (nSPS) is 12.7. The van der Waals surface area contributed by atoms with Crippen LogP contribution >= 0.6 is 0 Å². The molecule has 0 fully saturated rings. The van der Waals surface area contributed by atoms with E-state index in [0.29, 0.717) is 26.7 Å². The minimum atomic E-state index is -3.65. The molecule has 0 bridgehead atoms. The summed E-state index contributed by atoms with van der Waals surface area (Å²) in [5, 5.41) is 6.87. The number of anilines is 2. The number of nitrogens with two attached hydrogens (primary N) is 1. The summed E-state index contributed by atoms with van der Waals surface area (Å²) in [7, 11) is -17.8. The number of hydrogen-bond acceptors (Lipinski definition) is 10. The van der Waals surface area contributed by atoms with Gasteiger partial charge >= 0.3 is 0 Å². The number of benzene rings is 8. The van der Waals surface area contributed by atoms with Crippen molar-refractivity contribution in [1.82, 2.24) is 9.44 Å². The first-order valence-electron chi connectivity index (χ1n) is 22.4. The van der Waals surface area contributed by atoms with Gasteiger partial charge < -0.3 is 0 Å². The fourth-order valence-corrected chi connectivity index (χ4v) is 12.8. The Morgan fingerprint density at radius 1 is 0.466 bits per heavy atom. The van der Waals surface area contributed by atoms with Crippen LogP contribution in [0.5, 0.6) is 0 Å². The van der Waals surface area contributed by atoms with Gasteiger partial charge in [-0.1, -0.05) is 139 Å². The van der Waals surface area contributed by atoms with E-state index in [9.17, 15) is 42.1 Å². The summed E-state index contributed by atoms with van der Waals surface area (Å²) in [4.78, 5) is 1.17. The Kier molecular flexibility index (Phi) is 17.8. The molecule has 8 aromatic rings. The number of rotatable bonds is 12. The molecule has 73 heavy (non-hydrogen) atoms. The smallest absolute Gasteiger partial charge is 0.262 e. The van der Waals surface area contributed by atoms with Gasteiger partial charge in [0.15, 0.2) is 0 Å². The second-order valence-corrected chi connectivity index (χ2v) is 25.1. The van der Waals surface area contributed by atoms with Crippen molar-refractivity contribution in [2.75, 3.05) is 22.5 Å². The first kappa shape index (κ1) is 55.6. The van der Waals surface area contributed by atoms with E-state index >= 15 is 0 Å². The molecule has 1 heterocycles. The lowest BCUT2D eigenvalue weighted by atomic mass is 10.0. The summed E-state index contributed by atoms with van der Waals surface area (Å²) < 4.78 is 129. The molecule has 6 N–H and O–H groups in total. The van der Waals surface area contributed by atoms with E-state index in [1.54, 1.807) is 92.7 Å². The van der Waals surface area contributed by atoms with Crippen molar-refractivity contribution in [3.63, 3.8) is 0 Å². The lowest BCUT2D eigenvalue weighted by molar-refractivity contribution is 0.570. The predicted molar refractivity (Wildman–Crippen MR) is 289 cm³/mol. The third-order valence-electron chi connectivity index (χ3n) is 11.1. The Bertz CT molecular complexity index is 3740. The molecule has 0 aromatic heterocycles. The maximum absolute atomic E-state index is 12.3. The Balaban J connectivity index is 0.000000161. The average molecular weight is 1080 g/mol. The van der Waals surface area contributed by atoms with Gasteiger partial charge in [0.1, 0.15) is 0 Å². The summed E-state index contributed by atoms with van der Waals surface area (Å²) in [6.07, 6.45) is 0. The minimum Gasteiger partial charge on any atom is -0.279 e. The molecule has 0 radical (unpaired) electrons. The van der Waals surface area contributed by atoms with Crippen molar-refractivity contribution in [2.45, 2.75) is 59.1 Å². The van der Waals surface area contributed by atoms with E-state index < -0.39 is 50.1 Å². The molecule has 382 valence electrons. The zero-order chi connectivity index (χ0) is 53.2. The Morgan fingerprint density at radius 3 is 1.49 bits per heavy atom. The quantitative estimate of drug-likeness (QED) is 0.0727. The van der Waals surface area contributed by atoms with Gasteiger partial charge in [0.2, 0.25) is 30.1 Å². The van der Waals surface area contributed by atoms with Crippen LogP contribution in [-0.4, -0.2) is 55.2 Å². The summed E-state index contributed by atoms with van der Waals surface area (Å²) in [6, 6.07) is 52.8. The Hall–Kier alpha value is -6.75. The van der Waals surface area contributed by atoms with E-state index in [1.165, 1.54) is 24.3 Å². The zero-order valence-corrected chi connectivity index (χ0v) is 44.5. The zero-order valence-electron chi connectivity index (χ0n) is 40.4. The van der Waals surface area contributed by atoms with E-state index in [0.717, 1.165) is 44.2 Å². The summed E-state index contributed by atoms with van der Waals surface area (Å²) in [5.74, 6) is 0. The van der Waals surface area contributed by atoms with E-state index in [1.807, 2.05) is 99.6 Å². The van der Waals surface area contributed by atoms with E-state index in [2.05, 4.69) is 18.9 Å².